The number of likely N-dealkylation sites (tertiary alicyclic amines) is 1. The largest absolute Gasteiger partial charge is 0.573 e. The molecule has 162 valence electrons. The second-order valence-electron chi connectivity index (χ2n) is 6.92. The number of anilines is 1. The van der Waals surface area contributed by atoms with Crippen LogP contribution in [0.4, 0.5) is 18.9 Å². The van der Waals surface area contributed by atoms with Crippen molar-refractivity contribution < 1.29 is 22.6 Å². The quantitative estimate of drug-likeness (QED) is 0.518. The number of ether oxygens (including phenoxy) is 2. The predicted octanol–water partition coefficient (Wildman–Crippen LogP) is 4.16. The van der Waals surface area contributed by atoms with Gasteiger partial charge in [-0.2, -0.15) is 0 Å². The molecule has 1 heterocycles. The first-order valence-corrected chi connectivity index (χ1v) is 9.65. The lowest BCUT2D eigenvalue weighted by atomic mass is 10.0. The lowest BCUT2D eigenvalue weighted by Gasteiger charge is -2.28. The van der Waals surface area contributed by atoms with Crippen molar-refractivity contribution in [3.63, 3.8) is 0 Å². The smallest absolute Gasteiger partial charge is 0.496 e. The van der Waals surface area contributed by atoms with E-state index in [2.05, 4.69) is 19.9 Å². The van der Waals surface area contributed by atoms with Crippen LogP contribution in [0, 0.1) is 0 Å². The lowest BCUT2D eigenvalue weighted by molar-refractivity contribution is -0.274. The summed E-state index contributed by atoms with van der Waals surface area (Å²) < 4.78 is 46.2. The molecule has 0 amide bonds. The predicted molar refractivity (Wildman–Crippen MR) is 110 cm³/mol. The van der Waals surface area contributed by atoms with Crippen molar-refractivity contribution in [3.8, 4) is 11.5 Å². The molecule has 1 atom stereocenters. The Labute approximate surface area is 173 Å². The Kier molecular flexibility index (Phi) is 7.04. The van der Waals surface area contributed by atoms with Crippen LogP contribution in [0.2, 0.25) is 0 Å². The average Bonchev–Trinajstić information content (AvgIpc) is 3.23. The van der Waals surface area contributed by atoms with Gasteiger partial charge in [0.2, 0.25) is 0 Å². The van der Waals surface area contributed by atoms with E-state index in [0.717, 1.165) is 37.2 Å². The highest BCUT2D eigenvalue weighted by Gasteiger charge is 2.31. The highest BCUT2D eigenvalue weighted by atomic mass is 19.4. The topological polar surface area (TPSA) is 72.1 Å². The van der Waals surface area contributed by atoms with E-state index in [9.17, 15) is 13.2 Å². The molecule has 1 saturated heterocycles. The van der Waals surface area contributed by atoms with Gasteiger partial charge in [0.15, 0.2) is 5.96 Å². The van der Waals surface area contributed by atoms with Gasteiger partial charge in [-0.15, -0.1) is 13.2 Å². The van der Waals surface area contributed by atoms with Crippen molar-refractivity contribution in [3.05, 3.63) is 54.1 Å². The molecule has 9 heteroatoms. The Balaban J connectivity index is 1.69. The van der Waals surface area contributed by atoms with Crippen molar-refractivity contribution in [2.45, 2.75) is 25.2 Å². The average molecular weight is 422 g/mol. The minimum absolute atomic E-state index is 0.0200. The third-order valence-corrected chi connectivity index (χ3v) is 4.87. The fourth-order valence-corrected chi connectivity index (χ4v) is 3.52. The number of halogens is 3. The Morgan fingerprint density at radius 2 is 1.80 bits per heavy atom. The number of hydrogen-bond donors (Lipinski definition) is 2. The third kappa shape index (κ3) is 6.03. The number of benzene rings is 2. The first kappa shape index (κ1) is 21.8. The van der Waals surface area contributed by atoms with Gasteiger partial charge in [0.1, 0.15) is 11.5 Å². The number of rotatable bonds is 7. The molecule has 1 fully saturated rings. The summed E-state index contributed by atoms with van der Waals surface area (Å²) in [6, 6.07) is 13.2. The molecule has 0 bridgehead atoms. The SMILES string of the molecule is COc1ccccc1C(CN=C(N)Nc1ccc(OC(F)(F)F)cc1)N1CCCC1. The fraction of sp³-hybridized carbons (Fsp3) is 0.381. The van der Waals surface area contributed by atoms with Crippen molar-refractivity contribution in [2.75, 3.05) is 32.1 Å². The van der Waals surface area contributed by atoms with E-state index in [0.29, 0.717) is 12.2 Å². The van der Waals surface area contributed by atoms with Gasteiger partial charge in [0.05, 0.1) is 19.7 Å². The number of nitrogens with zero attached hydrogens (tertiary/aromatic N) is 2. The maximum atomic E-state index is 12.3. The first-order valence-electron chi connectivity index (χ1n) is 9.65. The van der Waals surface area contributed by atoms with Crippen LogP contribution in [0.3, 0.4) is 0 Å². The molecule has 1 aliphatic heterocycles. The summed E-state index contributed by atoms with van der Waals surface area (Å²) >= 11 is 0. The van der Waals surface area contributed by atoms with Crippen LogP contribution in [0.25, 0.3) is 0 Å². The minimum atomic E-state index is -4.72. The zero-order chi connectivity index (χ0) is 21.6. The molecule has 2 aromatic rings. The van der Waals surface area contributed by atoms with E-state index in [1.165, 1.54) is 24.3 Å². The van der Waals surface area contributed by atoms with Gasteiger partial charge in [0.25, 0.3) is 0 Å². The monoisotopic (exact) mass is 422 g/mol. The summed E-state index contributed by atoms with van der Waals surface area (Å²) in [5.41, 5.74) is 7.58. The molecule has 3 rings (SSSR count). The van der Waals surface area contributed by atoms with Gasteiger partial charge < -0.3 is 20.5 Å². The van der Waals surface area contributed by atoms with Gasteiger partial charge in [-0.3, -0.25) is 9.89 Å². The van der Waals surface area contributed by atoms with Crippen LogP contribution in [0.5, 0.6) is 11.5 Å². The molecular weight excluding hydrogens is 397 g/mol. The van der Waals surface area contributed by atoms with Crippen LogP contribution in [-0.2, 0) is 0 Å². The van der Waals surface area contributed by atoms with E-state index in [4.69, 9.17) is 10.5 Å². The maximum Gasteiger partial charge on any atom is 0.573 e. The zero-order valence-corrected chi connectivity index (χ0v) is 16.7. The van der Waals surface area contributed by atoms with Crippen LogP contribution in [0.1, 0.15) is 24.4 Å². The minimum Gasteiger partial charge on any atom is -0.496 e. The van der Waals surface area contributed by atoms with Crippen molar-refractivity contribution in [1.29, 1.82) is 0 Å². The molecule has 6 nitrogen and oxygen atoms in total. The number of nitrogens with one attached hydrogen (secondary N) is 1. The summed E-state index contributed by atoms with van der Waals surface area (Å²) in [4.78, 5) is 6.83. The fourth-order valence-electron chi connectivity index (χ4n) is 3.52. The molecule has 1 aliphatic rings. The number of nitrogens with two attached hydrogens (primary N) is 1. The van der Waals surface area contributed by atoms with E-state index in [-0.39, 0.29) is 17.8 Å². The van der Waals surface area contributed by atoms with Crippen molar-refractivity contribution in [2.24, 2.45) is 10.7 Å². The van der Waals surface area contributed by atoms with Gasteiger partial charge in [-0.25, -0.2) is 0 Å². The first-order chi connectivity index (χ1) is 14.4. The highest BCUT2D eigenvalue weighted by molar-refractivity contribution is 5.92. The Hall–Kier alpha value is -2.94. The second-order valence-corrected chi connectivity index (χ2v) is 6.92. The van der Waals surface area contributed by atoms with Crippen LogP contribution in [-0.4, -0.2) is 44.0 Å². The van der Waals surface area contributed by atoms with E-state index >= 15 is 0 Å². The summed E-state index contributed by atoms with van der Waals surface area (Å²) in [5, 5.41) is 2.90. The number of methoxy groups -OCH3 is 1. The second kappa shape index (κ2) is 9.71. The number of alkyl halides is 3. The number of hydrogen-bond acceptors (Lipinski definition) is 4. The molecule has 0 saturated carbocycles. The standard InChI is InChI=1S/C21H25F3N4O2/c1-29-19-7-3-2-6-17(19)18(28-12-4-5-13-28)14-26-20(25)27-15-8-10-16(11-9-15)30-21(22,23)24/h2-3,6-11,18H,4-5,12-14H2,1H3,(H3,25,26,27). The summed E-state index contributed by atoms with van der Waals surface area (Å²) in [7, 11) is 1.64. The summed E-state index contributed by atoms with van der Waals surface area (Å²) in [6.07, 6.45) is -2.45. The van der Waals surface area contributed by atoms with E-state index in [1.807, 2.05) is 24.3 Å². The molecule has 0 spiro atoms. The number of aliphatic imine (C=N–C) groups is 1. The molecule has 0 radical (unpaired) electrons. The summed E-state index contributed by atoms with van der Waals surface area (Å²) in [6.45, 7) is 2.38. The molecule has 0 aromatic heterocycles. The normalized spacial score (nSPS) is 16.3. The maximum absolute atomic E-state index is 12.3. The van der Waals surface area contributed by atoms with Gasteiger partial charge in [0, 0.05) is 11.3 Å². The molecule has 1 unspecified atom stereocenters. The van der Waals surface area contributed by atoms with Crippen LogP contribution >= 0.6 is 0 Å². The number of para-hydroxylation sites is 1. The third-order valence-electron chi connectivity index (χ3n) is 4.87. The molecule has 2 aromatic carbocycles. The molecular formula is C21H25F3N4O2. The van der Waals surface area contributed by atoms with Crippen LogP contribution < -0.4 is 20.5 Å². The summed E-state index contributed by atoms with van der Waals surface area (Å²) in [5.74, 6) is 0.684. The molecule has 3 N–H and O–H groups in total. The lowest BCUT2D eigenvalue weighted by Crippen LogP contribution is -2.30. The zero-order valence-electron chi connectivity index (χ0n) is 16.7. The molecule has 30 heavy (non-hydrogen) atoms. The van der Waals surface area contributed by atoms with Crippen molar-refractivity contribution >= 4 is 11.6 Å². The van der Waals surface area contributed by atoms with Gasteiger partial charge >= 0.3 is 6.36 Å². The van der Waals surface area contributed by atoms with Gasteiger partial charge in [-0.05, 0) is 56.3 Å². The van der Waals surface area contributed by atoms with E-state index < -0.39 is 6.36 Å². The van der Waals surface area contributed by atoms with Gasteiger partial charge in [-0.1, -0.05) is 18.2 Å². The number of guanidine groups is 1. The van der Waals surface area contributed by atoms with Crippen molar-refractivity contribution in [1.82, 2.24) is 4.90 Å². The Morgan fingerprint density at radius 3 is 2.43 bits per heavy atom. The molecule has 0 aliphatic carbocycles. The Bertz CT molecular complexity index is 850. The highest BCUT2D eigenvalue weighted by Crippen LogP contribution is 2.32. The Morgan fingerprint density at radius 1 is 1.13 bits per heavy atom. The van der Waals surface area contributed by atoms with Crippen LogP contribution in [0.15, 0.2) is 53.5 Å². The van der Waals surface area contributed by atoms with E-state index in [1.54, 1.807) is 7.11 Å².